The third-order valence-corrected chi connectivity index (χ3v) is 5.08. The predicted octanol–water partition coefficient (Wildman–Crippen LogP) is 3.79. The number of hydrogen-bond donors (Lipinski definition) is 1. The quantitative estimate of drug-likeness (QED) is 0.884. The Hall–Kier alpha value is -2.18. The van der Waals surface area contributed by atoms with Crippen molar-refractivity contribution in [3.05, 3.63) is 46.5 Å². The fourth-order valence-electron chi connectivity index (χ4n) is 2.92. The largest absolute Gasteiger partial charge is 0.497 e. The molecule has 3 rings (SSSR count). The normalized spacial score (nSPS) is 15.0. The fraction of sp³-hybridized carbons (Fsp3) is 0.368. The third kappa shape index (κ3) is 5.14. The number of anilines is 1. The van der Waals surface area contributed by atoms with Crippen molar-refractivity contribution < 1.29 is 9.53 Å². The lowest BCUT2D eigenvalue weighted by molar-refractivity contribution is -0.114. The summed E-state index contributed by atoms with van der Waals surface area (Å²) in [4.78, 5) is 18.9. The van der Waals surface area contributed by atoms with Crippen molar-refractivity contribution in [2.75, 3.05) is 25.5 Å². The molecule has 0 atom stereocenters. The van der Waals surface area contributed by atoms with Gasteiger partial charge in [-0.2, -0.15) is 0 Å². The number of hydrogen-bond acceptors (Lipinski definition) is 5. The molecule has 1 fully saturated rings. The molecule has 1 N–H and O–H groups in total. The third-order valence-electron chi connectivity index (χ3n) is 4.18. The molecule has 6 heteroatoms. The molecule has 25 heavy (non-hydrogen) atoms. The lowest BCUT2D eigenvalue weighted by Gasteiger charge is -2.27. The van der Waals surface area contributed by atoms with Crippen LogP contribution in [0.1, 0.15) is 30.2 Å². The summed E-state index contributed by atoms with van der Waals surface area (Å²) < 4.78 is 5.28. The molecule has 0 radical (unpaired) electrons. The summed E-state index contributed by atoms with van der Waals surface area (Å²) in [7, 11) is 1.70. The standard InChI is InChI=1S/C19H23N3O2S/c1-14(23)21-19-20-12-18(25-19)13-22-8-6-15(7-9-22)10-16-4-3-5-17(11-16)24-2/h3-5,10-12H,6-9,13H2,1-2H3,(H,20,21,23). The van der Waals surface area contributed by atoms with Crippen LogP contribution in [0.4, 0.5) is 5.13 Å². The number of carbonyl (C=O) groups is 1. The summed E-state index contributed by atoms with van der Waals surface area (Å²) in [6, 6.07) is 8.18. The zero-order chi connectivity index (χ0) is 17.6. The average molecular weight is 357 g/mol. The highest BCUT2D eigenvalue weighted by atomic mass is 32.1. The Morgan fingerprint density at radius 1 is 1.40 bits per heavy atom. The van der Waals surface area contributed by atoms with Gasteiger partial charge in [0.2, 0.25) is 5.91 Å². The lowest BCUT2D eigenvalue weighted by atomic mass is 10.0. The summed E-state index contributed by atoms with van der Waals surface area (Å²) in [5, 5.41) is 3.42. The SMILES string of the molecule is COc1cccc(C=C2CCN(Cc3cnc(NC(C)=O)s3)CC2)c1. The Kier molecular flexibility index (Phi) is 5.83. The maximum atomic E-state index is 11.1. The monoisotopic (exact) mass is 357 g/mol. The zero-order valence-corrected chi connectivity index (χ0v) is 15.4. The first kappa shape index (κ1) is 17.6. The number of ether oxygens (including phenoxy) is 1. The highest BCUT2D eigenvalue weighted by Gasteiger charge is 2.15. The van der Waals surface area contributed by atoms with Gasteiger partial charge in [-0.25, -0.2) is 4.98 Å². The van der Waals surface area contributed by atoms with Crippen molar-refractivity contribution in [2.45, 2.75) is 26.3 Å². The molecule has 0 bridgehead atoms. The maximum Gasteiger partial charge on any atom is 0.223 e. The van der Waals surface area contributed by atoms with Crippen LogP contribution in [0.25, 0.3) is 6.08 Å². The summed E-state index contributed by atoms with van der Waals surface area (Å²) >= 11 is 1.55. The zero-order valence-electron chi connectivity index (χ0n) is 14.6. The average Bonchev–Trinajstić information content (AvgIpc) is 3.03. The number of amides is 1. The van der Waals surface area contributed by atoms with Gasteiger partial charge in [0.1, 0.15) is 5.75 Å². The van der Waals surface area contributed by atoms with Gasteiger partial charge in [-0.15, -0.1) is 11.3 Å². The van der Waals surface area contributed by atoms with Gasteiger partial charge in [0.25, 0.3) is 0 Å². The molecule has 1 amide bonds. The number of piperidine rings is 1. The van der Waals surface area contributed by atoms with Crippen molar-refractivity contribution in [1.29, 1.82) is 0 Å². The molecule has 132 valence electrons. The number of thiazole rings is 1. The van der Waals surface area contributed by atoms with E-state index in [2.05, 4.69) is 33.4 Å². The van der Waals surface area contributed by atoms with E-state index in [-0.39, 0.29) is 5.91 Å². The highest BCUT2D eigenvalue weighted by Crippen LogP contribution is 2.25. The fourth-order valence-corrected chi connectivity index (χ4v) is 3.82. The van der Waals surface area contributed by atoms with E-state index in [1.54, 1.807) is 18.4 Å². The van der Waals surface area contributed by atoms with Gasteiger partial charge in [-0.1, -0.05) is 23.8 Å². The van der Waals surface area contributed by atoms with Crippen LogP contribution in [0.5, 0.6) is 5.75 Å². The van der Waals surface area contributed by atoms with Crippen LogP contribution in [0.2, 0.25) is 0 Å². The first-order chi connectivity index (χ1) is 12.1. The van der Waals surface area contributed by atoms with E-state index in [1.165, 1.54) is 22.9 Å². The number of likely N-dealkylation sites (tertiary alicyclic amines) is 1. The van der Waals surface area contributed by atoms with Crippen LogP contribution in [0.15, 0.2) is 36.0 Å². The summed E-state index contributed by atoms with van der Waals surface area (Å²) in [5.74, 6) is 0.818. The van der Waals surface area contributed by atoms with Crippen molar-refractivity contribution in [2.24, 2.45) is 0 Å². The van der Waals surface area contributed by atoms with Crippen LogP contribution in [0, 0.1) is 0 Å². The molecule has 5 nitrogen and oxygen atoms in total. The summed E-state index contributed by atoms with van der Waals surface area (Å²) in [5.41, 5.74) is 2.68. The highest BCUT2D eigenvalue weighted by molar-refractivity contribution is 7.15. The number of rotatable bonds is 5. The molecular weight excluding hydrogens is 334 g/mol. The van der Waals surface area contributed by atoms with Gasteiger partial charge in [-0.05, 0) is 30.5 Å². The Morgan fingerprint density at radius 3 is 2.92 bits per heavy atom. The van der Waals surface area contributed by atoms with E-state index in [0.29, 0.717) is 5.13 Å². The molecule has 0 saturated carbocycles. The van der Waals surface area contributed by atoms with Crippen LogP contribution in [-0.4, -0.2) is 36.0 Å². The molecule has 1 aliphatic rings. The Balaban J connectivity index is 1.53. The molecule has 1 aromatic heterocycles. The second-order valence-electron chi connectivity index (χ2n) is 6.17. The molecule has 0 unspecified atom stereocenters. The van der Waals surface area contributed by atoms with Gasteiger partial charge < -0.3 is 10.1 Å². The Bertz CT molecular complexity index is 760. The minimum atomic E-state index is -0.0776. The number of methoxy groups -OCH3 is 1. The van der Waals surface area contributed by atoms with Crippen LogP contribution < -0.4 is 10.1 Å². The molecular formula is C19H23N3O2S. The molecule has 1 saturated heterocycles. The van der Waals surface area contributed by atoms with Crippen LogP contribution >= 0.6 is 11.3 Å². The van der Waals surface area contributed by atoms with Crippen molar-refractivity contribution >= 4 is 28.5 Å². The van der Waals surface area contributed by atoms with Crippen molar-refractivity contribution in [3.8, 4) is 5.75 Å². The minimum Gasteiger partial charge on any atom is -0.497 e. The maximum absolute atomic E-state index is 11.1. The van der Waals surface area contributed by atoms with Gasteiger partial charge in [-0.3, -0.25) is 9.69 Å². The topological polar surface area (TPSA) is 54.5 Å². The minimum absolute atomic E-state index is 0.0776. The first-order valence-corrected chi connectivity index (χ1v) is 9.22. The van der Waals surface area contributed by atoms with E-state index in [9.17, 15) is 4.79 Å². The van der Waals surface area contributed by atoms with Crippen LogP contribution in [-0.2, 0) is 11.3 Å². The smallest absolute Gasteiger partial charge is 0.223 e. The molecule has 0 spiro atoms. The van der Waals surface area contributed by atoms with Gasteiger partial charge in [0.05, 0.1) is 7.11 Å². The van der Waals surface area contributed by atoms with E-state index < -0.39 is 0 Å². The molecule has 2 aromatic rings. The molecule has 2 heterocycles. The number of nitrogens with zero attached hydrogens (tertiary/aromatic N) is 2. The Morgan fingerprint density at radius 2 is 2.20 bits per heavy atom. The summed E-state index contributed by atoms with van der Waals surface area (Å²) in [6.45, 7) is 4.48. The van der Waals surface area contributed by atoms with Crippen LogP contribution in [0.3, 0.4) is 0 Å². The first-order valence-electron chi connectivity index (χ1n) is 8.40. The van der Waals surface area contributed by atoms with Crippen molar-refractivity contribution in [3.63, 3.8) is 0 Å². The summed E-state index contributed by atoms with van der Waals surface area (Å²) in [6.07, 6.45) is 6.29. The van der Waals surface area contributed by atoms with Gasteiger partial charge >= 0.3 is 0 Å². The van der Waals surface area contributed by atoms with E-state index in [1.807, 2.05) is 18.3 Å². The number of nitrogens with one attached hydrogen (secondary N) is 1. The lowest BCUT2D eigenvalue weighted by Crippen LogP contribution is -2.29. The molecule has 1 aliphatic heterocycles. The second kappa shape index (κ2) is 8.27. The Labute approximate surface area is 152 Å². The van der Waals surface area contributed by atoms with E-state index in [4.69, 9.17) is 4.74 Å². The van der Waals surface area contributed by atoms with Crippen molar-refractivity contribution in [1.82, 2.24) is 9.88 Å². The predicted molar refractivity (Wildman–Crippen MR) is 102 cm³/mol. The second-order valence-corrected chi connectivity index (χ2v) is 7.28. The van der Waals surface area contributed by atoms with Gasteiger partial charge in [0, 0.05) is 37.6 Å². The number of aromatic nitrogens is 1. The molecule has 1 aromatic carbocycles. The molecule has 0 aliphatic carbocycles. The van der Waals surface area contributed by atoms with E-state index in [0.717, 1.165) is 38.2 Å². The van der Waals surface area contributed by atoms with Gasteiger partial charge in [0.15, 0.2) is 5.13 Å². The number of carbonyl (C=O) groups excluding carboxylic acids is 1. The number of benzene rings is 1. The van der Waals surface area contributed by atoms with E-state index >= 15 is 0 Å².